The Morgan fingerprint density at radius 3 is 2.31 bits per heavy atom. The van der Waals surface area contributed by atoms with Crippen molar-refractivity contribution in [2.75, 3.05) is 11.2 Å². The van der Waals surface area contributed by atoms with Crippen molar-refractivity contribution in [1.29, 1.82) is 0 Å². The van der Waals surface area contributed by atoms with Gasteiger partial charge in [0, 0.05) is 0 Å². The van der Waals surface area contributed by atoms with E-state index in [1.165, 1.54) is 24.3 Å². The second-order valence-electron chi connectivity index (χ2n) is 3.08. The molecule has 1 rings (SSSR count). The Morgan fingerprint density at radius 1 is 1.31 bits per heavy atom. The van der Waals surface area contributed by atoms with Gasteiger partial charge in [-0.1, -0.05) is 0 Å². The van der Waals surface area contributed by atoms with Gasteiger partial charge in [0.05, 0.1) is 0 Å². The zero-order valence-corrected chi connectivity index (χ0v) is 10.9. The van der Waals surface area contributed by atoms with Crippen molar-refractivity contribution in [1.82, 2.24) is 0 Å². The van der Waals surface area contributed by atoms with Crippen LogP contribution in [0.4, 0.5) is 5.69 Å². The van der Waals surface area contributed by atoms with E-state index in [-0.39, 0.29) is 22.6 Å². The van der Waals surface area contributed by atoms with Gasteiger partial charge in [-0.25, -0.2) is 0 Å². The van der Waals surface area contributed by atoms with Crippen molar-refractivity contribution in [2.24, 2.45) is 0 Å². The Morgan fingerprint density at radius 2 is 1.88 bits per heavy atom. The van der Waals surface area contributed by atoms with Gasteiger partial charge in [0.15, 0.2) is 0 Å². The van der Waals surface area contributed by atoms with Gasteiger partial charge in [-0.2, -0.15) is 0 Å². The van der Waals surface area contributed by atoms with Crippen molar-refractivity contribution >= 4 is 41.7 Å². The first-order valence-corrected chi connectivity index (χ1v) is 8.37. The Hall–Kier alpha value is -0.742. The van der Waals surface area contributed by atoms with Crippen LogP contribution in [0.25, 0.3) is 0 Å². The van der Waals surface area contributed by atoms with Crippen LogP contribution in [0.2, 0.25) is 0 Å². The molecule has 1 amide bonds. The number of carbonyl (C=O) groups excluding carboxylic acids is 1. The first kappa shape index (κ1) is 13.3. The average molecular weight is 308 g/mol. The molecule has 0 bridgehead atoms. The van der Waals surface area contributed by atoms with E-state index in [9.17, 15) is 8.53 Å². The monoisotopic (exact) mass is 307 g/mol. The number of amides is 1. The number of carbonyl (C=O) groups is 1. The van der Waals surface area contributed by atoms with Gasteiger partial charge in [0.25, 0.3) is 0 Å². The van der Waals surface area contributed by atoms with E-state index in [0.717, 1.165) is 0 Å². The number of benzene rings is 1. The molecular weight excluding hydrogens is 296 g/mol. The van der Waals surface area contributed by atoms with Gasteiger partial charge in [-0.05, 0) is 0 Å². The van der Waals surface area contributed by atoms with Crippen LogP contribution in [0.5, 0.6) is 0 Å². The van der Waals surface area contributed by atoms with Crippen molar-refractivity contribution in [3.05, 3.63) is 24.3 Å². The maximum absolute atomic E-state index is 11.1. The molecule has 0 aliphatic carbocycles. The molecule has 0 fully saturated rings. The van der Waals surface area contributed by atoms with Crippen LogP contribution in [0.1, 0.15) is 6.42 Å². The molecule has 7 heteroatoms. The molecule has 0 aliphatic rings. The SMILES string of the molecule is O=C(CCCl)Nc1ccc([As](=O)(O)O)cc1. The molecular formula is C9H11AsClNO4. The van der Waals surface area contributed by atoms with E-state index in [2.05, 4.69) is 5.32 Å². The van der Waals surface area contributed by atoms with Crippen LogP contribution in [-0.2, 0) is 8.53 Å². The molecule has 0 radical (unpaired) electrons. The topological polar surface area (TPSA) is 86.6 Å². The van der Waals surface area contributed by atoms with E-state index in [4.69, 9.17) is 19.8 Å². The molecule has 0 atom stereocenters. The van der Waals surface area contributed by atoms with Crippen LogP contribution >= 0.6 is 11.6 Å². The predicted molar refractivity (Wildman–Crippen MR) is 60.9 cm³/mol. The van der Waals surface area contributed by atoms with Crippen LogP contribution in [0, 0.1) is 0 Å². The van der Waals surface area contributed by atoms with E-state index < -0.39 is 14.2 Å². The fourth-order valence-corrected chi connectivity index (χ4v) is 2.35. The van der Waals surface area contributed by atoms with Crippen LogP contribution < -0.4 is 9.67 Å². The molecule has 0 aromatic heterocycles. The molecule has 3 N–H and O–H groups in total. The molecule has 0 unspecified atom stereocenters. The van der Waals surface area contributed by atoms with E-state index in [1.54, 1.807) is 0 Å². The van der Waals surface area contributed by atoms with Gasteiger partial charge in [-0.3, -0.25) is 0 Å². The van der Waals surface area contributed by atoms with E-state index in [0.29, 0.717) is 5.69 Å². The second kappa shape index (κ2) is 5.55. The Balaban J connectivity index is 2.72. The summed E-state index contributed by atoms with van der Waals surface area (Å²) in [5.74, 6) is -0.000571. The minimum absolute atomic E-state index is 0.0199. The summed E-state index contributed by atoms with van der Waals surface area (Å²) in [7, 11) is 0. The molecule has 5 nitrogen and oxygen atoms in total. The number of alkyl halides is 1. The zero-order chi connectivity index (χ0) is 12.2. The number of hydrogen-bond donors (Lipinski definition) is 3. The van der Waals surface area contributed by atoms with Crippen molar-refractivity contribution in [2.45, 2.75) is 6.42 Å². The normalized spacial score (nSPS) is 11.2. The molecule has 1 aromatic carbocycles. The fraction of sp³-hybridized carbons (Fsp3) is 0.222. The van der Waals surface area contributed by atoms with Crippen LogP contribution in [0.3, 0.4) is 0 Å². The summed E-state index contributed by atoms with van der Waals surface area (Å²) in [5.41, 5.74) is 0.489. The number of rotatable bonds is 4. The summed E-state index contributed by atoms with van der Waals surface area (Å²) in [6, 6.07) is 5.50. The first-order valence-electron chi connectivity index (χ1n) is 4.45. The Labute approximate surface area is 100 Å². The molecule has 0 spiro atoms. The molecule has 0 saturated carbocycles. The first-order chi connectivity index (χ1) is 7.43. The summed E-state index contributed by atoms with van der Waals surface area (Å²) in [6.07, 6.45) is 0.200. The summed E-state index contributed by atoms with van der Waals surface area (Å²) in [6.45, 7) is 0. The third kappa shape index (κ3) is 4.02. The van der Waals surface area contributed by atoms with Crippen molar-refractivity contribution in [3.8, 4) is 0 Å². The summed E-state index contributed by atoms with van der Waals surface area (Å²) < 4.78 is 28.7. The maximum atomic E-state index is 11.1. The quantitative estimate of drug-likeness (QED) is 0.532. The van der Waals surface area contributed by atoms with Crippen molar-refractivity contribution in [3.63, 3.8) is 0 Å². The van der Waals surface area contributed by atoms with E-state index in [1.807, 2.05) is 0 Å². The standard InChI is InChI=1S/C9H11AsClNO4/c11-6-5-9(13)12-8-3-1-7(2-4-8)10(14,15)16/h1-4H,5-6H2,(H,12,13)(H2,14,15,16). The number of nitrogens with one attached hydrogen (secondary N) is 1. The molecule has 16 heavy (non-hydrogen) atoms. The molecule has 88 valence electrons. The van der Waals surface area contributed by atoms with Gasteiger partial charge in [0.1, 0.15) is 0 Å². The number of hydrogen-bond acceptors (Lipinski definition) is 2. The van der Waals surface area contributed by atoms with Crippen LogP contribution in [-0.4, -0.2) is 34.2 Å². The molecule has 0 saturated heterocycles. The number of anilines is 1. The Kier molecular flexibility index (Phi) is 4.62. The van der Waals surface area contributed by atoms with Crippen molar-refractivity contribution < 1.29 is 16.7 Å². The average Bonchev–Trinajstić information content (AvgIpc) is 2.17. The Bertz CT molecular complexity index is 414. The van der Waals surface area contributed by atoms with Gasteiger partial charge in [0.2, 0.25) is 0 Å². The fourth-order valence-electron chi connectivity index (χ4n) is 1.05. The summed E-state index contributed by atoms with van der Waals surface area (Å²) >= 11 is 0.563. The summed E-state index contributed by atoms with van der Waals surface area (Å²) in [4.78, 5) is 11.1. The van der Waals surface area contributed by atoms with Crippen LogP contribution in [0.15, 0.2) is 24.3 Å². The third-order valence-corrected chi connectivity index (χ3v) is 4.03. The van der Waals surface area contributed by atoms with Gasteiger partial charge >= 0.3 is 100 Å². The second-order valence-corrected chi connectivity index (χ2v) is 6.82. The van der Waals surface area contributed by atoms with E-state index >= 15 is 0 Å². The molecule has 0 heterocycles. The minimum atomic E-state index is -4.82. The zero-order valence-electron chi connectivity index (χ0n) is 8.26. The third-order valence-electron chi connectivity index (χ3n) is 1.81. The molecule has 0 aliphatic heterocycles. The van der Waals surface area contributed by atoms with Gasteiger partial charge < -0.3 is 0 Å². The molecule has 1 aromatic rings. The summed E-state index contributed by atoms with van der Waals surface area (Å²) in [5, 5.41) is 2.55. The number of halogens is 1. The van der Waals surface area contributed by atoms with Gasteiger partial charge in [-0.15, -0.1) is 0 Å². The predicted octanol–water partition coefficient (Wildman–Crippen LogP) is -0.185.